The molecule has 0 saturated heterocycles. The lowest BCUT2D eigenvalue weighted by atomic mass is 10.00. The molecule has 28 heavy (non-hydrogen) atoms. The molecule has 5 nitrogen and oxygen atoms in total. The van der Waals surface area contributed by atoms with Crippen molar-refractivity contribution in [2.45, 2.75) is 45.3 Å². The van der Waals surface area contributed by atoms with Gasteiger partial charge in [-0.25, -0.2) is 4.39 Å². The van der Waals surface area contributed by atoms with E-state index in [1.54, 1.807) is 18.2 Å². The van der Waals surface area contributed by atoms with Gasteiger partial charge < -0.3 is 13.9 Å². The zero-order valence-corrected chi connectivity index (χ0v) is 18.8. The molecule has 0 aliphatic carbocycles. The van der Waals surface area contributed by atoms with Gasteiger partial charge in [-0.05, 0) is 47.8 Å². The van der Waals surface area contributed by atoms with Crippen molar-refractivity contribution in [2.24, 2.45) is 5.92 Å². The first-order valence-electron chi connectivity index (χ1n) is 9.17. The molecule has 0 unspecified atom stereocenters. The Morgan fingerprint density at radius 3 is 2.00 bits per heavy atom. The summed E-state index contributed by atoms with van der Waals surface area (Å²) < 4.78 is 29.0. The number of rotatable bonds is 8. The summed E-state index contributed by atoms with van der Waals surface area (Å²) in [6.45, 7) is 11.0. The Kier molecular flexibility index (Phi) is 8.57. The van der Waals surface area contributed by atoms with Gasteiger partial charge >= 0.3 is 11.9 Å². The molecule has 7 heteroatoms. The molecule has 1 aromatic carbocycles. The van der Waals surface area contributed by atoms with Gasteiger partial charge in [-0.1, -0.05) is 39.0 Å². The van der Waals surface area contributed by atoms with E-state index in [0.29, 0.717) is 6.61 Å². The zero-order chi connectivity index (χ0) is 21.5. The summed E-state index contributed by atoms with van der Waals surface area (Å²) in [5.41, 5.74) is 1.55. The number of hydrogen-bond donors (Lipinski definition) is 0. The summed E-state index contributed by atoms with van der Waals surface area (Å²) >= 11 is 0. The summed E-state index contributed by atoms with van der Waals surface area (Å²) in [4.78, 5) is 23.9. The molecule has 0 heterocycles. The van der Waals surface area contributed by atoms with Crippen LogP contribution in [-0.2, 0) is 23.5 Å². The number of allylic oxidation sites excluding steroid dienone is 1. The smallest absolute Gasteiger partial charge is 0.320 e. The van der Waals surface area contributed by atoms with Crippen LogP contribution in [0.1, 0.15) is 32.8 Å². The Labute approximate surface area is 168 Å². The van der Waals surface area contributed by atoms with Gasteiger partial charge in [-0.15, -0.1) is 0 Å². The van der Waals surface area contributed by atoms with Gasteiger partial charge in [-0.2, -0.15) is 0 Å². The van der Waals surface area contributed by atoms with Crippen molar-refractivity contribution in [1.29, 1.82) is 0 Å². The van der Waals surface area contributed by atoms with Gasteiger partial charge in [0.15, 0.2) is 14.2 Å². The molecular formula is C21H31FO5Si. The molecule has 156 valence electrons. The largest absolute Gasteiger partial charge is 0.468 e. The first kappa shape index (κ1) is 24.0. The van der Waals surface area contributed by atoms with Gasteiger partial charge in [0, 0.05) is 0 Å². The highest BCUT2D eigenvalue weighted by Gasteiger charge is 2.37. The van der Waals surface area contributed by atoms with Crippen LogP contribution in [0.5, 0.6) is 0 Å². The van der Waals surface area contributed by atoms with Crippen molar-refractivity contribution in [3.8, 4) is 0 Å². The normalized spacial score (nSPS) is 12.8. The summed E-state index contributed by atoms with van der Waals surface area (Å²) in [6, 6.07) is 6.05. The minimum Gasteiger partial charge on any atom is -0.468 e. The molecule has 0 spiro atoms. The minimum absolute atomic E-state index is 0.0292. The Morgan fingerprint density at radius 1 is 1.07 bits per heavy atom. The maximum absolute atomic E-state index is 13.3. The average molecular weight is 411 g/mol. The molecule has 0 atom stereocenters. The lowest BCUT2D eigenvalue weighted by molar-refractivity contribution is -0.158. The number of carbonyl (C=O) groups is 2. The maximum atomic E-state index is 13.3. The minimum atomic E-state index is -2.02. The molecule has 0 saturated carbocycles. The predicted molar refractivity (Wildman–Crippen MR) is 110 cm³/mol. The fraction of sp³-hybridized carbons (Fsp3) is 0.524. The van der Waals surface area contributed by atoms with E-state index in [2.05, 4.69) is 33.9 Å². The lowest BCUT2D eigenvalue weighted by Crippen LogP contribution is -2.41. The van der Waals surface area contributed by atoms with Crippen LogP contribution in [0.15, 0.2) is 30.3 Å². The van der Waals surface area contributed by atoms with E-state index in [4.69, 9.17) is 13.9 Å². The number of esters is 2. The molecule has 0 bridgehead atoms. The van der Waals surface area contributed by atoms with Crippen LogP contribution in [0.2, 0.25) is 18.1 Å². The number of hydrogen-bond acceptors (Lipinski definition) is 5. The predicted octanol–water partition coefficient (Wildman–Crippen LogP) is 4.58. The van der Waals surface area contributed by atoms with Crippen molar-refractivity contribution >= 4 is 25.8 Å². The summed E-state index contributed by atoms with van der Waals surface area (Å²) in [5.74, 6) is -2.72. The number of methoxy groups -OCH3 is 2. The van der Waals surface area contributed by atoms with Gasteiger partial charge in [0.05, 0.1) is 20.8 Å². The molecule has 0 N–H and O–H groups in total. The second-order valence-corrected chi connectivity index (χ2v) is 12.9. The van der Waals surface area contributed by atoms with Gasteiger partial charge in [0.2, 0.25) is 0 Å². The monoisotopic (exact) mass is 410 g/mol. The van der Waals surface area contributed by atoms with E-state index < -0.39 is 26.2 Å². The second kappa shape index (κ2) is 9.98. The Balaban J connectivity index is 3.15. The number of halogens is 1. The van der Waals surface area contributed by atoms with Crippen molar-refractivity contribution in [3.05, 3.63) is 41.7 Å². The summed E-state index contributed by atoms with van der Waals surface area (Å²) in [6.07, 6.45) is 1.87. The number of benzene rings is 1. The molecule has 1 aromatic rings. The van der Waals surface area contributed by atoms with Gasteiger partial charge in [0.1, 0.15) is 5.82 Å². The van der Waals surface area contributed by atoms with E-state index in [1.165, 1.54) is 26.4 Å². The van der Waals surface area contributed by atoms with Crippen LogP contribution in [0.25, 0.3) is 5.57 Å². The molecule has 0 radical (unpaired) electrons. The first-order chi connectivity index (χ1) is 12.9. The number of carbonyl (C=O) groups excluding carboxylic acids is 2. The van der Waals surface area contributed by atoms with Crippen molar-refractivity contribution in [1.82, 2.24) is 0 Å². The summed E-state index contributed by atoms with van der Waals surface area (Å²) in [5, 5.41) is 0.0292. The van der Waals surface area contributed by atoms with E-state index in [9.17, 15) is 14.0 Å². The van der Waals surface area contributed by atoms with Crippen LogP contribution in [-0.4, -0.2) is 41.1 Å². The second-order valence-electron chi connectivity index (χ2n) is 8.12. The van der Waals surface area contributed by atoms with Crippen LogP contribution in [0, 0.1) is 11.7 Å². The third-order valence-corrected chi connectivity index (χ3v) is 9.66. The van der Waals surface area contributed by atoms with Crippen LogP contribution in [0.4, 0.5) is 4.39 Å². The fourth-order valence-electron chi connectivity index (χ4n) is 2.23. The van der Waals surface area contributed by atoms with E-state index >= 15 is 0 Å². The van der Waals surface area contributed by atoms with Crippen LogP contribution >= 0.6 is 0 Å². The molecule has 0 aliphatic heterocycles. The zero-order valence-electron chi connectivity index (χ0n) is 17.8. The summed E-state index contributed by atoms with van der Waals surface area (Å²) in [7, 11) is 0.428. The first-order valence-corrected chi connectivity index (χ1v) is 12.1. The standard InChI is InChI=1S/C21H31FO5Si/c1-21(2,3)28(6,7)27-14-16(15-8-11-17(22)12-9-15)10-13-18(19(23)25-4)20(24)26-5/h8-12,18H,13-14H2,1-7H3. The quantitative estimate of drug-likeness (QED) is 0.356. The lowest BCUT2D eigenvalue weighted by Gasteiger charge is -2.36. The maximum Gasteiger partial charge on any atom is 0.320 e. The molecule has 1 rings (SSSR count). The number of ether oxygens (including phenoxy) is 2. The molecule has 0 aliphatic rings. The third-order valence-electron chi connectivity index (χ3n) is 5.18. The van der Waals surface area contributed by atoms with E-state index in [-0.39, 0.29) is 17.3 Å². The highest BCUT2D eigenvalue weighted by molar-refractivity contribution is 6.74. The van der Waals surface area contributed by atoms with Gasteiger partial charge in [-0.3, -0.25) is 9.59 Å². The highest BCUT2D eigenvalue weighted by atomic mass is 28.4. The Bertz CT molecular complexity index is 689. The van der Waals surface area contributed by atoms with Crippen molar-refractivity contribution in [2.75, 3.05) is 20.8 Å². The van der Waals surface area contributed by atoms with E-state index in [1.807, 2.05) is 0 Å². The van der Waals surface area contributed by atoms with Crippen molar-refractivity contribution in [3.63, 3.8) is 0 Å². The topological polar surface area (TPSA) is 61.8 Å². The third kappa shape index (κ3) is 6.56. The van der Waals surface area contributed by atoms with Crippen LogP contribution in [0.3, 0.4) is 0 Å². The Hall–Kier alpha value is -1.99. The highest BCUT2D eigenvalue weighted by Crippen LogP contribution is 2.37. The Morgan fingerprint density at radius 2 is 1.57 bits per heavy atom. The molecular weight excluding hydrogens is 379 g/mol. The van der Waals surface area contributed by atoms with Gasteiger partial charge in [0.25, 0.3) is 0 Å². The average Bonchev–Trinajstić information content (AvgIpc) is 2.63. The fourth-order valence-corrected chi connectivity index (χ4v) is 3.18. The molecule has 0 amide bonds. The van der Waals surface area contributed by atoms with Crippen molar-refractivity contribution < 1.29 is 27.9 Å². The SMILES string of the molecule is COC(=O)C(CC=C(CO[Si](C)(C)C(C)(C)C)c1ccc(F)cc1)C(=O)OC. The molecule has 0 fully saturated rings. The van der Waals surface area contributed by atoms with Crippen LogP contribution < -0.4 is 0 Å². The molecule has 0 aromatic heterocycles. The van der Waals surface area contributed by atoms with E-state index in [0.717, 1.165) is 11.1 Å².